The van der Waals surface area contributed by atoms with Gasteiger partial charge in [-0.3, -0.25) is 0 Å². The van der Waals surface area contributed by atoms with Crippen molar-refractivity contribution in [2.24, 2.45) is 0 Å². The zero-order chi connectivity index (χ0) is 21.3. The lowest BCUT2D eigenvalue weighted by Gasteiger charge is -2.11. The zero-order valence-electron chi connectivity index (χ0n) is 16.5. The normalized spacial score (nSPS) is 12.4. The Hall–Kier alpha value is -3.40. The van der Waals surface area contributed by atoms with Gasteiger partial charge in [0.05, 0.1) is 22.0 Å². The van der Waals surface area contributed by atoms with Crippen LogP contribution < -0.4 is 0 Å². The number of hydrogen-bond acceptors (Lipinski definition) is 4. The van der Waals surface area contributed by atoms with E-state index in [2.05, 4.69) is 21.8 Å². The van der Waals surface area contributed by atoms with Crippen molar-refractivity contribution < 1.29 is 13.5 Å². The van der Waals surface area contributed by atoms with Gasteiger partial charge in [0.15, 0.2) is 15.7 Å². The smallest absolute Gasteiger partial charge is 0.184 e. The van der Waals surface area contributed by atoms with E-state index in [1.54, 1.807) is 31.2 Å². The average molecular weight is 417 g/mol. The van der Waals surface area contributed by atoms with Crippen LogP contribution in [0.5, 0.6) is 0 Å². The molecule has 150 valence electrons. The van der Waals surface area contributed by atoms with Gasteiger partial charge in [-0.1, -0.05) is 36.3 Å². The van der Waals surface area contributed by atoms with E-state index >= 15 is 0 Å². The highest BCUT2D eigenvalue weighted by Crippen LogP contribution is 2.29. The van der Waals surface area contributed by atoms with E-state index in [9.17, 15) is 13.5 Å². The highest BCUT2D eigenvalue weighted by atomic mass is 32.2. The number of nitrogens with zero attached hydrogens (tertiary/aromatic N) is 1. The fourth-order valence-corrected chi connectivity index (χ4v) is 3.90. The van der Waals surface area contributed by atoms with Crippen molar-refractivity contribution in [1.29, 1.82) is 0 Å². The summed E-state index contributed by atoms with van der Waals surface area (Å²) in [6.07, 6.45) is 0.613. The minimum atomic E-state index is -3.22. The zero-order valence-corrected chi connectivity index (χ0v) is 17.4. The maximum atomic E-state index is 11.5. The summed E-state index contributed by atoms with van der Waals surface area (Å²) in [5.41, 5.74) is 5.16. The summed E-state index contributed by atoms with van der Waals surface area (Å²) in [5.74, 6) is 6.52. The molecule has 0 fully saturated rings. The van der Waals surface area contributed by atoms with E-state index in [1.165, 1.54) is 6.26 Å². The predicted octanol–water partition coefficient (Wildman–Crippen LogP) is 4.09. The van der Waals surface area contributed by atoms with E-state index in [-0.39, 0.29) is 4.90 Å². The first-order valence-corrected chi connectivity index (χ1v) is 11.3. The monoisotopic (exact) mass is 416 g/mol. The van der Waals surface area contributed by atoms with Crippen molar-refractivity contribution >= 4 is 20.9 Å². The van der Waals surface area contributed by atoms with E-state index in [4.69, 9.17) is 0 Å². The van der Waals surface area contributed by atoms with Crippen LogP contribution in [0.1, 0.15) is 30.0 Å². The number of aromatic amines is 1. The van der Waals surface area contributed by atoms with Gasteiger partial charge >= 0.3 is 0 Å². The first-order valence-electron chi connectivity index (χ1n) is 9.40. The van der Waals surface area contributed by atoms with Crippen LogP contribution in [-0.2, 0) is 9.84 Å². The molecule has 0 aliphatic carbocycles. The molecule has 0 radical (unpaired) electrons. The Kier molecular flexibility index (Phi) is 5.17. The van der Waals surface area contributed by atoms with Gasteiger partial charge in [0.1, 0.15) is 0 Å². The molecule has 0 spiro atoms. The van der Waals surface area contributed by atoms with Crippen LogP contribution in [-0.4, -0.2) is 29.7 Å². The van der Waals surface area contributed by atoms with Crippen LogP contribution >= 0.6 is 0 Å². The Morgan fingerprint density at radius 3 is 2.43 bits per heavy atom. The molecule has 0 bridgehead atoms. The van der Waals surface area contributed by atoms with Gasteiger partial charge in [-0.05, 0) is 65.9 Å². The molecule has 6 heteroatoms. The fraction of sp³-hybridized carbons (Fsp3) is 0.125. The Labute approximate surface area is 175 Å². The van der Waals surface area contributed by atoms with Crippen molar-refractivity contribution in [3.05, 3.63) is 83.7 Å². The Morgan fingerprint density at radius 2 is 1.73 bits per heavy atom. The third-order valence-corrected chi connectivity index (χ3v) is 5.94. The minimum absolute atomic E-state index is 0.266. The number of sulfone groups is 1. The molecular formula is C24H20N2O3S. The highest BCUT2D eigenvalue weighted by Gasteiger charge is 2.11. The molecule has 4 aromatic rings. The Balaban J connectivity index is 1.65. The lowest BCUT2D eigenvalue weighted by molar-refractivity contribution is 0.200. The van der Waals surface area contributed by atoms with Crippen molar-refractivity contribution in [2.45, 2.75) is 17.9 Å². The third kappa shape index (κ3) is 4.13. The predicted molar refractivity (Wildman–Crippen MR) is 118 cm³/mol. The van der Waals surface area contributed by atoms with Crippen molar-refractivity contribution in [3.8, 4) is 23.0 Å². The Morgan fingerprint density at radius 1 is 1.00 bits per heavy atom. The first-order chi connectivity index (χ1) is 14.3. The summed E-state index contributed by atoms with van der Waals surface area (Å²) < 4.78 is 23.1. The summed E-state index contributed by atoms with van der Waals surface area (Å²) in [4.78, 5) is 8.01. The van der Waals surface area contributed by atoms with Gasteiger partial charge in [-0.2, -0.15) is 0 Å². The summed E-state index contributed by atoms with van der Waals surface area (Å²) in [6.45, 7) is 1.75. The summed E-state index contributed by atoms with van der Waals surface area (Å²) in [5, 5.41) is 10.0. The van der Waals surface area contributed by atoms with E-state index in [1.807, 2.05) is 42.5 Å². The number of rotatable bonds is 3. The largest absolute Gasteiger partial charge is 0.389 e. The molecule has 3 aromatic carbocycles. The van der Waals surface area contributed by atoms with Crippen LogP contribution in [0.15, 0.2) is 71.6 Å². The van der Waals surface area contributed by atoms with Gasteiger partial charge in [-0.15, -0.1) is 0 Å². The molecular weight excluding hydrogens is 396 g/mol. The van der Waals surface area contributed by atoms with E-state index < -0.39 is 15.9 Å². The SMILES string of the molecule is CC(O)c1ccccc1-c1ccc2[nH]c(C#Cc3ccc(S(C)(=O)=O)cc3)nc2c1. The summed E-state index contributed by atoms with van der Waals surface area (Å²) in [6, 6.07) is 20.1. The van der Waals surface area contributed by atoms with Crippen LogP contribution in [0.2, 0.25) is 0 Å². The number of aliphatic hydroxyl groups excluding tert-OH is 1. The second-order valence-electron chi connectivity index (χ2n) is 7.13. The Bertz CT molecular complexity index is 1390. The molecule has 2 N–H and O–H groups in total. The third-order valence-electron chi connectivity index (χ3n) is 4.81. The van der Waals surface area contributed by atoms with Crippen molar-refractivity contribution in [1.82, 2.24) is 9.97 Å². The summed E-state index contributed by atoms with van der Waals surface area (Å²) >= 11 is 0. The molecule has 5 nitrogen and oxygen atoms in total. The van der Waals surface area contributed by atoms with Gasteiger partial charge in [0.25, 0.3) is 0 Å². The van der Waals surface area contributed by atoms with E-state index in [0.29, 0.717) is 11.4 Å². The minimum Gasteiger partial charge on any atom is -0.389 e. The number of nitrogens with one attached hydrogen (secondary N) is 1. The molecule has 4 rings (SSSR count). The second kappa shape index (κ2) is 7.79. The van der Waals surface area contributed by atoms with Crippen molar-refractivity contribution in [2.75, 3.05) is 6.26 Å². The molecule has 0 amide bonds. The average Bonchev–Trinajstić information content (AvgIpc) is 3.14. The maximum Gasteiger partial charge on any atom is 0.184 e. The molecule has 1 aromatic heterocycles. The highest BCUT2D eigenvalue weighted by molar-refractivity contribution is 7.90. The van der Waals surface area contributed by atoms with Gasteiger partial charge in [0, 0.05) is 11.8 Å². The molecule has 30 heavy (non-hydrogen) atoms. The maximum absolute atomic E-state index is 11.5. The number of fused-ring (bicyclic) bond motifs is 1. The number of aromatic nitrogens is 2. The number of imidazole rings is 1. The van der Waals surface area contributed by atoms with Gasteiger partial charge in [0.2, 0.25) is 0 Å². The molecule has 0 saturated carbocycles. The number of benzene rings is 3. The first kappa shape index (κ1) is 19.9. The van der Waals surface area contributed by atoms with Crippen LogP contribution in [0.4, 0.5) is 0 Å². The molecule has 1 heterocycles. The summed E-state index contributed by atoms with van der Waals surface area (Å²) in [7, 11) is -3.22. The second-order valence-corrected chi connectivity index (χ2v) is 9.14. The number of hydrogen-bond donors (Lipinski definition) is 2. The lowest BCUT2D eigenvalue weighted by Crippen LogP contribution is -1.96. The fourth-order valence-electron chi connectivity index (χ4n) is 3.27. The number of H-pyrrole nitrogens is 1. The topological polar surface area (TPSA) is 83.0 Å². The molecule has 1 unspecified atom stereocenters. The van der Waals surface area contributed by atoms with Crippen LogP contribution in [0, 0.1) is 11.8 Å². The standard InChI is InChI=1S/C24H20N2O3S/c1-16(27)20-5-3-4-6-21(20)18-10-13-22-23(15-18)26-24(25-22)14-9-17-7-11-19(12-8-17)30(2,28)29/h3-8,10-13,15-16,27H,1-2H3,(H,25,26). The molecule has 1 atom stereocenters. The quantitative estimate of drug-likeness (QED) is 0.493. The van der Waals surface area contributed by atoms with E-state index in [0.717, 1.165) is 27.7 Å². The number of aliphatic hydroxyl groups is 1. The van der Waals surface area contributed by atoms with Crippen LogP contribution in [0.3, 0.4) is 0 Å². The van der Waals surface area contributed by atoms with Gasteiger partial charge < -0.3 is 10.1 Å². The van der Waals surface area contributed by atoms with Crippen molar-refractivity contribution in [3.63, 3.8) is 0 Å². The molecule has 0 aliphatic heterocycles. The molecule has 0 saturated heterocycles. The molecule has 0 aliphatic rings. The van der Waals surface area contributed by atoms with Crippen LogP contribution in [0.25, 0.3) is 22.2 Å². The van der Waals surface area contributed by atoms with Gasteiger partial charge in [-0.25, -0.2) is 13.4 Å². The lowest BCUT2D eigenvalue weighted by atomic mass is 9.96.